The first-order valence-electron chi connectivity index (χ1n) is 6.62. The Labute approximate surface area is 117 Å². The number of carbonyl (C=O) groups excluding carboxylic acids is 2. The molecule has 1 saturated heterocycles. The van der Waals surface area contributed by atoms with Crippen LogP contribution in [0.1, 0.15) is 35.7 Å². The van der Waals surface area contributed by atoms with E-state index in [4.69, 9.17) is 4.74 Å². The number of piperidine rings is 1. The molecule has 4 nitrogen and oxygen atoms in total. The largest absolute Gasteiger partial charge is 0.466 e. The number of esters is 1. The highest BCUT2D eigenvalue weighted by molar-refractivity contribution is 7.08. The highest BCUT2D eigenvalue weighted by Crippen LogP contribution is 2.22. The molecule has 1 atom stereocenters. The Morgan fingerprint density at radius 3 is 2.89 bits per heavy atom. The molecular weight excluding hydrogens is 262 g/mol. The number of hydrogen-bond acceptors (Lipinski definition) is 4. The van der Waals surface area contributed by atoms with E-state index in [9.17, 15) is 9.59 Å². The average Bonchev–Trinajstić information content (AvgIpc) is 2.84. The van der Waals surface area contributed by atoms with Crippen LogP contribution in [0.5, 0.6) is 0 Å². The molecule has 0 N–H and O–H groups in total. The van der Waals surface area contributed by atoms with Gasteiger partial charge in [-0.2, -0.15) is 11.3 Å². The quantitative estimate of drug-likeness (QED) is 0.800. The second-order valence-corrected chi connectivity index (χ2v) is 5.55. The number of carbonyl (C=O) groups is 2. The Balaban J connectivity index is 2.03. The van der Waals surface area contributed by atoms with Crippen LogP contribution in [0.3, 0.4) is 0 Å². The number of nitrogens with zero attached hydrogens (tertiary/aromatic N) is 1. The monoisotopic (exact) mass is 281 g/mol. The van der Waals surface area contributed by atoms with Gasteiger partial charge in [-0.05, 0) is 37.6 Å². The minimum Gasteiger partial charge on any atom is -0.466 e. The Morgan fingerprint density at radius 1 is 1.47 bits per heavy atom. The van der Waals surface area contributed by atoms with E-state index in [-0.39, 0.29) is 17.8 Å². The van der Waals surface area contributed by atoms with E-state index >= 15 is 0 Å². The standard InChI is InChI=1S/C14H19NO3S/c1-3-18-14(17)11-5-4-6-15(7-11)13(16)12-9-19-8-10(12)2/h8-9,11H,3-7H2,1-2H3/t11-/m0/s1. The minimum absolute atomic E-state index is 0.0350. The zero-order valence-electron chi connectivity index (χ0n) is 11.3. The third-order valence-electron chi connectivity index (χ3n) is 3.41. The van der Waals surface area contributed by atoms with Gasteiger partial charge in [-0.3, -0.25) is 9.59 Å². The van der Waals surface area contributed by atoms with Gasteiger partial charge in [0.05, 0.1) is 18.1 Å². The van der Waals surface area contributed by atoms with Crippen LogP contribution in [0, 0.1) is 12.8 Å². The first-order chi connectivity index (χ1) is 9.13. The van der Waals surface area contributed by atoms with Crippen LogP contribution in [0.25, 0.3) is 0 Å². The smallest absolute Gasteiger partial charge is 0.310 e. The van der Waals surface area contributed by atoms with E-state index in [1.54, 1.807) is 11.8 Å². The maximum atomic E-state index is 12.4. The van der Waals surface area contributed by atoms with Gasteiger partial charge in [0.15, 0.2) is 0 Å². The minimum atomic E-state index is -0.179. The number of thiophene rings is 1. The number of aryl methyl sites for hydroxylation is 1. The van der Waals surface area contributed by atoms with Gasteiger partial charge in [0.1, 0.15) is 0 Å². The number of likely N-dealkylation sites (tertiary alicyclic amines) is 1. The molecule has 1 aliphatic rings. The van der Waals surface area contributed by atoms with Crippen molar-refractivity contribution in [2.45, 2.75) is 26.7 Å². The summed E-state index contributed by atoms with van der Waals surface area (Å²) < 4.78 is 5.05. The maximum absolute atomic E-state index is 12.4. The van der Waals surface area contributed by atoms with Gasteiger partial charge in [-0.1, -0.05) is 0 Å². The predicted octanol–water partition coefficient (Wildman–Crippen LogP) is 2.47. The first-order valence-corrected chi connectivity index (χ1v) is 7.56. The van der Waals surface area contributed by atoms with Gasteiger partial charge in [0.2, 0.25) is 0 Å². The molecule has 2 heterocycles. The second kappa shape index (κ2) is 6.19. The predicted molar refractivity (Wildman–Crippen MR) is 74.3 cm³/mol. The van der Waals surface area contributed by atoms with E-state index in [2.05, 4.69) is 0 Å². The van der Waals surface area contributed by atoms with Crippen LogP contribution in [0.4, 0.5) is 0 Å². The fourth-order valence-corrected chi connectivity index (χ4v) is 3.19. The van der Waals surface area contributed by atoms with Crippen molar-refractivity contribution in [2.75, 3.05) is 19.7 Å². The first kappa shape index (κ1) is 14.1. The molecule has 0 aromatic carbocycles. The van der Waals surface area contributed by atoms with Crippen LogP contribution < -0.4 is 0 Å². The maximum Gasteiger partial charge on any atom is 0.310 e. The number of ether oxygens (including phenoxy) is 1. The lowest BCUT2D eigenvalue weighted by atomic mass is 9.97. The molecule has 0 unspecified atom stereocenters. The highest BCUT2D eigenvalue weighted by atomic mass is 32.1. The Kier molecular flexibility index (Phi) is 4.58. The molecule has 104 valence electrons. The van der Waals surface area contributed by atoms with Gasteiger partial charge in [0.25, 0.3) is 5.91 Å². The third-order valence-corrected chi connectivity index (χ3v) is 4.28. The van der Waals surface area contributed by atoms with Crippen LogP contribution in [0.15, 0.2) is 10.8 Å². The zero-order valence-corrected chi connectivity index (χ0v) is 12.2. The topological polar surface area (TPSA) is 46.6 Å². The van der Waals surface area contributed by atoms with Crippen molar-refractivity contribution in [3.63, 3.8) is 0 Å². The molecule has 1 fully saturated rings. The van der Waals surface area contributed by atoms with Gasteiger partial charge in [-0.25, -0.2) is 0 Å². The van der Waals surface area contributed by atoms with Gasteiger partial charge in [-0.15, -0.1) is 0 Å². The summed E-state index contributed by atoms with van der Waals surface area (Å²) >= 11 is 1.53. The normalized spacial score (nSPS) is 19.3. The van der Waals surface area contributed by atoms with Crippen LogP contribution in [0.2, 0.25) is 0 Å². The SMILES string of the molecule is CCOC(=O)[C@H]1CCCN(C(=O)c2cscc2C)C1. The lowest BCUT2D eigenvalue weighted by Gasteiger charge is -2.31. The average molecular weight is 281 g/mol. The molecule has 1 aromatic rings. The van der Waals surface area contributed by atoms with Crippen LogP contribution >= 0.6 is 11.3 Å². The molecule has 0 spiro atoms. The Bertz CT molecular complexity index is 469. The van der Waals surface area contributed by atoms with Gasteiger partial charge < -0.3 is 9.64 Å². The lowest BCUT2D eigenvalue weighted by Crippen LogP contribution is -2.42. The number of amides is 1. The fraction of sp³-hybridized carbons (Fsp3) is 0.571. The molecule has 1 amide bonds. The number of hydrogen-bond donors (Lipinski definition) is 0. The van der Waals surface area contributed by atoms with E-state index in [0.29, 0.717) is 13.2 Å². The third kappa shape index (κ3) is 3.15. The number of rotatable bonds is 3. The molecular formula is C14H19NO3S. The van der Waals surface area contributed by atoms with E-state index in [1.807, 2.05) is 17.7 Å². The van der Waals surface area contributed by atoms with Crippen molar-refractivity contribution in [1.82, 2.24) is 4.90 Å². The summed E-state index contributed by atoms with van der Waals surface area (Å²) in [5, 5.41) is 3.85. The molecule has 1 aliphatic heterocycles. The molecule has 0 aliphatic carbocycles. The van der Waals surface area contributed by atoms with E-state index in [0.717, 1.165) is 30.5 Å². The summed E-state index contributed by atoms with van der Waals surface area (Å²) in [4.78, 5) is 25.9. The van der Waals surface area contributed by atoms with Crippen molar-refractivity contribution in [3.8, 4) is 0 Å². The zero-order chi connectivity index (χ0) is 13.8. The van der Waals surface area contributed by atoms with Gasteiger partial charge >= 0.3 is 5.97 Å². The summed E-state index contributed by atoms with van der Waals surface area (Å²) in [6, 6.07) is 0. The summed E-state index contributed by atoms with van der Waals surface area (Å²) in [6.45, 7) is 5.35. The summed E-state index contributed by atoms with van der Waals surface area (Å²) in [5.41, 5.74) is 1.77. The van der Waals surface area contributed by atoms with Crippen molar-refractivity contribution in [1.29, 1.82) is 0 Å². The lowest BCUT2D eigenvalue weighted by molar-refractivity contribution is -0.149. The molecule has 19 heavy (non-hydrogen) atoms. The van der Waals surface area contributed by atoms with Crippen molar-refractivity contribution in [2.24, 2.45) is 5.92 Å². The Hall–Kier alpha value is -1.36. The van der Waals surface area contributed by atoms with Crippen molar-refractivity contribution >= 4 is 23.2 Å². The van der Waals surface area contributed by atoms with Crippen molar-refractivity contribution in [3.05, 3.63) is 21.9 Å². The molecule has 1 aromatic heterocycles. The van der Waals surface area contributed by atoms with E-state index in [1.165, 1.54) is 11.3 Å². The molecule has 0 saturated carbocycles. The Morgan fingerprint density at radius 2 is 2.26 bits per heavy atom. The molecule has 2 rings (SSSR count). The van der Waals surface area contributed by atoms with Gasteiger partial charge in [0, 0.05) is 18.5 Å². The van der Waals surface area contributed by atoms with E-state index < -0.39 is 0 Å². The molecule has 0 bridgehead atoms. The fourth-order valence-electron chi connectivity index (χ4n) is 2.36. The van der Waals surface area contributed by atoms with Crippen LogP contribution in [-0.2, 0) is 9.53 Å². The molecule has 0 radical (unpaired) electrons. The summed E-state index contributed by atoms with van der Waals surface area (Å²) in [6.07, 6.45) is 1.67. The van der Waals surface area contributed by atoms with Crippen molar-refractivity contribution < 1.29 is 14.3 Å². The molecule has 5 heteroatoms. The highest BCUT2D eigenvalue weighted by Gasteiger charge is 2.30. The summed E-state index contributed by atoms with van der Waals surface area (Å²) in [7, 11) is 0. The second-order valence-electron chi connectivity index (χ2n) is 4.81. The van der Waals surface area contributed by atoms with Crippen LogP contribution in [-0.4, -0.2) is 36.5 Å². The summed E-state index contributed by atoms with van der Waals surface area (Å²) in [5.74, 6) is -0.314.